The zero-order valence-electron chi connectivity index (χ0n) is 12.5. The molecule has 20 heavy (non-hydrogen) atoms. The van der Waals surface area contributed by atoms with Gasteiger partial charge in [0.1, 0.15) is 5.60 Å². The number of aromatic nitrogens is 1. The molecule has 0 saturated carbocycles. The highest BCUT2D eigenvalue weighted by Gasteiger charge is 2.17. The minimum atomic E-state index is -0.517. The number of pyridine rings is 1. The van der Waals surface area contributed by atoms with Crippen LogP contribution in [0.4, 0.5) is 0 Å². The SMILES string of the molecule is CC(NC(=O)CCC(=O)OC(C)(C)C)c1cccnc1. The minimum Gasteiger partial charge on any atom is -0.460 e. The van der Waals surface area contributed by atoms with Gasteiger partial charge in [-0.05, 0) is 39.3 Å². The number of hydrogen-bond donors (Lipinski definition) is 1. The molecule has 1 atom stereocenters. The molecule has 1 rings (SSSR count). The second kappa shape index (κ2) is 7.03. The van der Waals surface area contributed by atoms with Crippen LogP contribution in [0.25, 0.3) is 0 Å². The standard InChI is InChI=1S/C15H22N2O3/c1-11(12-6-5-9-16-10-12)17-13(18)7-8-14(19)20-15(2,3)4/h5-6,9-11H,7-8H2,1-4H3,(H,17,18). The third-order valence-corrected chi connectivity index (χ3v) is 2.54. The van der Waals surface area contributed by atoms with Crippen LogP contribution in [0.5, 0.6) is 0 Å². The van der Waals surface area contributed by atoms with Gasteiger partial charge in [-0.25, -0.2) is 0 Å². The van der Waals surface area contributed by atoms with E-state index in [1.807, 2.05) is 19.1 Å². The van der Waals surface area contributed by atoms with Crippen molar-refractivity contribution in [2.24, 2.45) is 0 Å². The van der Waals surface area contributed by atoms with E-state index in [1.165, 1.54) is 0 Å². The van der Waals surface area contributed by atoms with Crippen molar-refractivity contribution in [1.29, 1.82) is 0 Å². The third-order valence-electron chi connectivity index (χ3n) is 2.54. The van der Waals surface area contributed by atoms with Crippen molar-refractivity contribution in [2.75, 3.05) is 0 Å². The molecule has 0 spiro atoms. The first-order chi connectivity index (χ1) is 9.28. The molecular weight excluding hydrogens is 256 g/mol. The van der Waals surface area contributed by atoms with E-state index in [1.54, 1.807) is 33.2 Å². The minimum absolute atomic E-state index is 0.0862. The van der Waals surface area contributed by atoms with Gasteiger partial charge in [-0.1, -0.05) is 6.07 Å². The molecule has 0 aromatic carbocycles. The molecule has 0 fully saturated rings. The molecule has 1 aromatic heterocycles. The highest BCUT2D eigenvalue weighted by Crippen LogP contribution is 2.11. The summed E-state index contributed by atoms with van der Waals surface area (Å²) in [6, 6.07) is 3.58. The van der Waals surface area contributed by atoms with Gasteiger partial charge in [0, 0.05) is 18.8 Å². The van der Waals surface area contributed by atoms with Crippen LogP contribution in [0.3, 0.4) is 0 Å². The number of amides is 1. The summed E-state index contributed by atoms with van der Waals surface area (Å²) < 4.78 is 5.15. The van der Waals surface area contributed by atoms with Gasteiger partial charge in [-0.15, -0.1) is 0 Å². The lowest BCUT2D eigenvalue weighted by molar-refractivity contribution is -0.155. The van der Waals surface area contributed by atoms with Crippen molar-refractivity contribution >= 4 is 11.9 Å². The van der Waals surface area contributed by atoms with Gasteiger partial charge >= 0.3 is 5.97 Å². The first-order valence-electron chi connectivity index (χ1n) is 6.69. The topological polar surface area (TPSA) is 68.3 Å². The van der Waals surface area contributed by atoms with Gasteiger partial charge in [0.15, 0.2) is 0 Å². The molecule has 1 unspecified atom stereocenters. The maximum Gasteiger partial charge on any atom is 0.306 e. The first-order valence-corrected chi connectivity index (χ1v) is 6.69. The Morgan fingerprint density at radius 2 is 2.05 bits per heavy atom. The molecule has 1 aromatic rings. The number of nitrogens with one attached hydrogen (secondary N) is 1. The summed E-state index contributed by atoms with van der Waals surface area (Å²) in [7, 11) is 0. The zero-order chi connectivity index (χ0) is 15.2. The summed E-state index contributed by atoms with van der Waals surface area (Å²) in [5.41, 5.74) is 0.412. The Hall–Kier alpha value is -1.91. The second-order valence-corrected chi connectivity index (χ2v) is 5.66. The smallest absolute Gasteiger partial charge is 0.306 e. The summed E-state index contributed by atoms with van der Waals surface area (Å²) in [6.07, 6.45) is 3.60. The lowest BCUT2D eigenvalue weighted by atomic mass is 10.1. The lowest BCUT2D eigenvalue weighted by Crippen LogP contribution is -2.28. The summed E-state index contributed by atoms with van der Waals surface area (Å²) in [4.78, 5) is 27.3. The molecule has 1 heterocycles. The van der Waals surface area contributed by atoms with Crippen molar-refractivity contribution in [3.8, 4) is 0 Å². The largest absolute Gasteiger partial charge is 0.460 e. The normalized spacial score (nSPS) is 12.6. The van der Waals surface area contributed by atoms with E-state index in [9.17, 15) is 9.59 Å². The van der Waals surface area contributed by atoms with Crippen LogP contribution >= 0.6 is 0 Å². The van der Waals surface area contributed by atoms with Crippen LogP contribution in [-0.2, 0) is 14.3 Å². The van der Waals surface area contributed by atoms with Crippen molar-refractivity contribution < 1.29 is 14.3 Å². The van der Waals surface area contributed by atoms with Gasteiger partial charge in [-0.3, -0.25) is 14.6 Å². The van der Waals surface area contributed by atoms with E-state index < -0.39 is 5.60 Å². The van der Waals surface area contributed by atoms with Gasteiger partial charge < -0.3 is 10.1 Å². The molecule has 1 N–H and O–H groups in total. The predicted molar refractivity (Wildman–Crippen MR) is 75.9 cm³/mol. The van der Waals surface area contributed by atoms with E-state index >= 15 is 0 Å². The maximum atomic E-state index is 11.8. The van der Waals surface area contributed by atoms with Gasteiger partial charge in [-0.2, -0.15) is 0 Å². The van der Waals surface area contributed by atoms with Gasteiger partial charge in [0.25, 0.3) is 0 Å². The lowest BCUT2D eigenvalue weighted by Gasteiger charge is -2.19. The van der Waals surface area contributed by atoms with Crippen molar-refractivity contribution in [2.45, 2.75) is 52.2 Å². The third kappa shape index (κ3) is 6.31. The van der Waals surface area contributed by atoms with Gasteiger partial charge in [0.2, 0.25) is 5.91 Å². The fourth-order valence-electron chi connectivity index (χ4n) is 1.64. The van der Waals surface area contributed by atoms with Crippen LogP contribution in [0.2, 0.25) is 0 Å². The molecular formula is C15H22N2O3. The summed E-state index contributed by atoms with van der Waals surface area (Å²) in [5, 5.41) is 2.83. The number of carbonyl (C=O) groups is 2. The molecule has 0 aliphatic rings. The van der Waals surface area contributed by atoms with Crippen LogP contribution in [-0.4, -0.2) is 22.5 Å². The van der Waals surface area contributed by atoms with E-state index in [2.05, 4.69) is 10.3 Å². The van der Waals surface area contributed by atoms with Crippen LogP contribution < -0.4 is 5.32 Å². The molecule has 0 aliphatic heterocycles. The molecule has 0 aliphatic carbocycles. The Labute approximate surface area is 119 Å². The number of esters is 1. The summed E-state index contributed by atoms with van der Waals surface area (Å²) in [5.74, 6) is -0.533. The number of hydrogen-bond acceptors (Lipinski definition) is 4. The Kier molecular flexibility index (Phi) is 5.67. The first kappa shape index (κ1) is 16.1. The van der Waals surface area contributed by atoms with Crippen LogP contribution in [0.1, 0.15) is 52.1 Å². The van der Waals surface area contributed by atoms with Gasteiger partial charge in [0.05, 0.1) is 12.5 Å². The molecule has 5 heteroatoms. The fraction of sp³-hybridized carbons (Fsp3) is 0.533. The maximum absolute atomic E-state index is 11.8. The van der Waals surface area contributed by atoms with E-state index in [-0.39, 0.29) is 30.8 Å². The van der Waals surface area contributed by atoms with E-state index in [4.69, 9.17) is 4.74 Å². The van der Waals surface area contributed by atoms with E-state index in [0.29, 0.717) is 0 Å². The monoisotopic (exact) mass is 278 g/mol. The molecule has 5 nitrogen and oxygen atoms in total. The Morgan fingerprint density at radius 3 is 2.60 bits per heavy atom. The summed E-state index contributed by atoms with van der Waals surface area (Å²) in [6.45, 7) is 7.28. The van der Waals surface area contributed by atoms with Crippen LogP contribution in [0, 0.1) is 0 Å². The molecule has 0 radical (unpaired) electrons. The molecule has 1 amide bonds. The summed E-state index contributed by atoms with van der Waals surface area (Å²) >= 11 is 0. The molecule has 0 bridgehead atoms. The highest BCUT2D eigenvalue weighted by molar-refractivity contribution is 5.81. The number of rotatable bonds is 5. The van der Waals surface area contributed by atoms with Crippen LogP contribution in [0.15, 0.2) is 24.5 Å². The Morgan fingerprint density at radius 1 is 1.35 bits per heavy atom. The Bertz CT molecular complexity index is 452. The average Bonchev–Trinajstić information content (AvgIpc) is 2.35. The van der Waals surface area contributed by atoms with Crippen molar-refractivity contribution in [3.63, 3.8) is 0 Å². The number of nitrogens with zero attached hydrogens (tertiary/aromatic N) is 1. The fourth-order valence-corrected chi connectivity index (χ4v) is 1.64. The predicted octanol–water partition coefficient (Wildman–Crippen LogP) is 2.38. The van der Waals surface area contributed by atoms with E-state index in [0.717, 1.165) is 5.56 Å². The highest BCUT2D eigenvalue weighted by atomic mass is 16.6. The zero-order valence-corrected chi connectivity index (χ0v) is 12.5. The molecule has 110 valence electrons. The van der Waals surface area contributed by atoms with Crippen molar-refractivity contribution in [3.05, 3.63) is 30.1 Å². The van der Waals surface area contributed by atoms with Crippen molar-refractivity contribution in [1.82, 2.24) is 10.3 Å². The average molecular weight is 278 g/mol. The number of carbonyl (C=O) groups excluding carboxylic acids is 2. The Balaban J connectivity index is 2.36. The second-order valence-electron chi connectivity index (χ2n) is 5.66. The number of ether oxygens (including phenoxy) is 1. The molecule has 0 saturated heterocycles. The quantitative estimate of drug-likeness (QED) is 0.840.